The molecule has 0 bridgehead atoms. The Bertz CT molecular complexity index is 536. The van der Waals surface area contributed by atoms with Crippen LogP contribution in [-0.4, -0.2) is 14.8 Å². The average Bonchev–Trinajstić information content (AvgIpc) is 2.68. The molecule has 0 aliphatic carbocycles. The van der Waals surface area contributed by atoms with Crippen molar-refractivity contribution in [3.8, 4) is 0 Å². The molecule has 0 N–H and O–H groups in total. The third-order valence-corrected chi connectivity index (χ3v) is 4.77. The van der Waals surface area contributed by atoms with Crippen molar-refractivity contribution in [2.75, 3.05) is 0 Å². The quantitative estimate of drug-likeness (QED) is 0.796. The molecule has 0 saturated heterocycles. The van der Waals surface area contributed by atoms with Crippen molar-refractivity contribution in [3.05, 3.63) is 41.7 Å². The zero-order valence-electron chi connectivity index (χ0n) is 11.2. The topological polar surface area (TPSA) is 30.7 Å². The molecule has 100 valence electrons. The van der Waals surface area contributed by atoms with Gasteiger partial charge in [-0.1, -0.05) is 48.5 Å². The third kappa shape index (κ3) is 2.84. The van der Waals surface area contributed by atoms with Crippen molar-refractivity contribution in [2.45, 2.75) is 49.6 Å². The largest absolute Gasteiger partial charge is 0.306 e. The fraction of sp³-hybridized carbons (Fsp3) is 0.467. The maximum absolute atomic E-state index is 4.38. The number of aryl methyl sites for hydroxylation is 1. The standard InChI is InChI=1S/C15H19N3S/c1-12(13-8-4-2-5-9-13)19-15-17-16-14-10-6-3-7-11-18(14)15/h2,4-5,8-9,12H,3,6-7,10-11H2,1H3/t12-/m0/s1. The molecule has 3 rings (SSSR count). The minimum absolute atomic E-state index is 0.415. The lowest BCUT2D eigenvalue weighted by Crippen LogP contribution is -2.03. The van der Waals surface area contributed by atoms with E-state index in [2.05, 4.69) is 52.0 Å². The lowest BCUT2D eigenvalue weighted by molar-refractivity contribution is 0.590. The fourth-order valence-electron chi connectivity index (χ4n) is 2.50. The summed E-state index contributed by atoms with van der Waals surface area (Å²) in [6.45, 7) is 3.31. The highest BCUT2D eigenvalue weighted by molar-refractivity contribution is 7.99. The number of rotatable bonds is 3. The monoisotopic (exact) mass is 273 g/mol. The molecule has 2 heterocycles. The Morgan fingerprint density at radius 2 is 1.95 bits per heavy atom. The molecule has 1 aliphatic rings. The van der Waals surface area contributed by atoms with Gasteiger partial charge in [-0.15, -0.1) is 10.2 Å². The van der Waals surface area contributed by atoms with Crippen molar-refractivity contribution in [3.63, 3.8) is 0 Å². The van der Waals surface area contributed by atoms with Crippen LogP contribution in [0.4, 0.5) is 0 Å². The molecule has 0 saturated carbocycles. The Hall–Kier alpha value is -1.29. The van der Waals surface area contributed by atoms with Crippen LogP contribution >= 0.6 is 11.8 Å². The van der Waals surface area contributed by atoms with E-state index in [9.17, 15) is 0 Å². The second-order valence-electron chi connectivity index (χ2n) is 5.03. The molecule has 4 heteroatoms. The SMILES string of the molecule is C[C@H](Sc1nnc2n1CCCCC2)c1ccccc1. The molecule has 1 aromatic carbocycles. The summed E-state index contributed by atoms with van der Waals surface area (Å²) < 4.78 is 2.32. The highest BCUT2D eigenvalue weighted by atomic mass is 32.2. The summed E-state index contributed by atoms with van der Waals surface area (Å²) >= 11 is 1.82. The van der Waals surface area contributed by atoms with Crippen LogP contribution in [0.25, 0.3) is 0 Å². The molecule has 1 atom stereocenters. The maximum atomic E-state index is 4.38. The van der Waals surface area contributed by atoms with Crippen LogP contribution in [0.5, 0.6) is 0 Å². The predicted octanol–water partition coefficient (Wildman–Crippen LogP) is 3.86. The minimum atomic E-state index is 0.415. The first-order valence-electron chi connectivity index (χ1n) is 6.98. The zero-order chi connectivity index (χ0) is 13.1. The van der Waals surface area contributed by atoms with E-state index in [1.807, 2.05) is 11.8 Å². The number of fused-ring (bicyclic) bond motifs is 1. The number of hydrogen-bond acceptors (Lipinski definition) is 3. The van der Waals surface area contributed by atoms with Gasteiger partial charge in [-0.25, -0.2) is 0 Å². The Morgan fingerprint density at radius 3 is 2.79 bits per heavy atom. The van der Waals surface area contributed by atoms with E-state index in [4.69, 9.17) is 0 Å². The van der Waals surface area contributed by atoms with Gasteiger partial charge >= 0.3 is 0 Å². The highest BCUT2D eigenvalue weighted by Crippen LogP contribution is 2.34. The van der Waals surface area contributed by atoms with Gasteiger partial charge in [0.2, 0.25) is 0 Å². The maximum Gasteiger partial charge on any atom is 0.191 e. The molecule has 0 fully saturated rings. The van der Waals surface area contributed by atoms with Crippen molar-refractivity contribution >= 4 is 11.8 Å². The van der Waals surface area contributed by atoms with E-state index in [1.54, 1.807) is 0 Å². The van der Waals surface area contributed by atoms with Gasteiger partial charge in [0, 0.05) is 18.2 Å². The van der Waals surface area contributed by atoms with Gasteiger partial charge in [0.05, 0.1) is 0 Å². The Morgan fingerprint density at radius 1 is 1.11 bits per heavy atom. The molecule has 1 aliphatic heterocycles. The number of aromatic nitrogens is 3. The van der Waals surface area contributed by atoms with E-state index in [1.165, 1.54) is 30.7 Å². The summed E-state index contributed by atoms with van der Waals surface area (Å²) in [4.78, 5) is 0. The number of benzene rings is 1. The Labute approximate surface area is 118 Å². The molecular weight excluding hydrogens is 254 g/mol. The van der Waals surface area contributed by atoms with E-state index < -0.39 is 0 Å². The molecule has 0 radical (unpaired) electrons. The van der Waals surface area contributed by atoms with Gasteiger partial charge in [-0.3, -0.25) is 0 Å². The predicted molar refractivity (Wildman–Crippen MR) is 78.3 cm³/mol. The average molecular weight is 273 g/mol. The molecule has 0 amide bonds. The zero-order valence-corrected chi connectivity index (χ0v) is 12.1. The van der Waals surface area contributed by atoms with Gasteiger partial charge in [-0.05, 0) is 25.3 Å². The van der Waals surface area contributed by atoms with Crippen molar-refractivity contribution < 1.29 is 0 Å². The van der Waals surface area contributed by atoms with E-state index in [0.29, 0.717) is 5.25 Å². The first-order chi connectivity index (χ1) is 9.34. The second kappa shape index (κ2) is 5.78. The van der Waals surface area contributed by atoms with E-state index in [0.717, 1.165) is 18.1 Å². The van der Waals surface area contributed by atoms with Crippen LogP contribution in [0.3, 0.4) is 0 Å². The van der Waals surface area contributed by atoms with Crippen LogP contribution < -0.4 is 0 Å². The van der Waals surface area contributed by atoms with Crippen LogP contribution in [0.2, 0.25) is 0 Å². The molecule has 0 spiro atoms. The van der Waals surface area contributed by atoms with Gasteiger partial charge in [0.15, 0.2) is 5.16 Å². The first-order valence-corrected chi connectivity index (χ1v) is 7.86. The minimum Gasteiger partial charge on any atom is -0.306 e. The van der Waals surface area contributed by atoms with Gasteiger partial charge < -0.3 is 4.57 Å². The van der Waals surface area contributed by atoms with Crippen LogP contribution in [0, 0.1) is 0 Å². The molecule has 3 nitrogen and oxygen atoms in total. The van der Waals surface area contributed by atoms with Crippen molar-refractivity contribution in [1.82, 2.24) is 14.8 Å². The summed E-state index contributed by atoms with van der Waals surface area (Å²) in [7, 11) is 0. The van der Waals surface area contributed by atoms with Crippen LogP contribution in [0.15, 0.2) is 35.5 Å². The van der Waals surface area contributed by atoms with Gasteiger partial charge in [0.25, 0.3) is 0 Å². The number of nitrogens with zero attached hydrogens (tertiary/aromatic N) is 3. The third-order valence-electron chi connectivity index (χ3n) is 3.63. The summed E-state index contributed by atoms with van der Waals surface area (Å²) in [5.41, 5.74) is 1.35. The van der Waals surface area contributed by atoms with Gasteiger partial charge in [-0.2, -0.15) is 0 Å². The highest BCUT2D eigenvalue weighted by Gasteiger charge is 2.17. The number of thioether (sulfide) groups is 1. The lowest BCUT2D eigenvalue weighted by Gasteiger charge is -2.12. The summed E-state index contributed by atoms with van der Waals surface area (Å²) in [6, 6.07) is 10.6. The summed E-state index contributed by atoms with van der Waals surface area (Å²) in [5.74, 6) is 1.17. The van der Waals surface area contributed by atoms with Crippen LogP contribution in [0.1, 0.15) is 42.8 Å². The fourth-order valence-corrected chi connectivity index (χ4v) is 3.52. The summed E-state index contributed by atoms with van der Waals surface area (Å²) in [5, 5.41) is 10.2. The molecular formula is C15H19N3S. The molecule has 2 aromatic rings. The number of hydrogen-bond donors (Lipinski definition) is 0. The van der Waals surface area contributed by atoms with E-state index in [-0.39, 0.29) is 0 Å². The lowest BCUT2D eigenvalue weighted by atomic mass is 10.2. The first kappa shape index (κ1) is 12.7. The second-order valence-corrected chi connectivity index (χ2v) is 6.34. The van der Waals surface area contributed by atoms with Crippen molar-refractivity contribution in [2.24, 2.45) is 0 Å². The van der Waals surface area contributed by atoms with Crippen molar-refractivity contribution in [1.29, 1.82) is 0 Å². The van der Waals surface area contributed by atoms with E-state index >= 15 is 0 Å². The summed E-state index contributed by atoms with van der Waals surface area (Å²) in [6.07, 6.45) is 4.88. The molecule has 0 unspecified atom stereocenters. The van der Waals surface area contributed by atoms with Gasteiger partial charge in [0.1, 0.15) is 5.82 Å². The molecule has 1 aromatic heterocycles. The molecule has 19 heavy (non-hydrogen) atoms. The Kier molecular flexibility index (Phi) is 3.87. The van der Waals surface area contributed by atoms with Crippen LogP contribution in [-0.2, 0) is 13.0 Å². The normalized spacial score (nSPS) is 16.7. The Balaban J connectivity index is 1.78. The smallest absolute Gasteiger partial charge is 0.191 e.